The van der Waals surface area contributed by atoms with Gasteiger partial charge in [0.25, 0.3) is 0 Å². The molecule has 0 spiro atoms. The molecule has 0 fully saturated rings. The van der Waals surface area contributed by atoms with E-state index in [-0.39, 0.29) is 5.41 Å². The molecule has 0 unspecified atom stereocenters. The van der Waals surface area contributed by atoms with Gasteiger partial charge in [0.05, 0.1) is 0 Å². The van der Waals surface area contributed by atoms with Crippen LogP contribution in [0.4, 0.5) is 0 Å². The van der Waals surface area contributed by atoms with E-state index in [2.05, 4.69) is 74.3 Å². The molecule has 90 valence electrons. The SMILES string of the molecule is CC(C)(CNCS)c1cccc2ccccc12. The van der Waals surface area contributed by atoms with E-state index in [0.717, 1.165) is 6.54 Å². The lowest BCUT2D eigenvalue weighted by Crippen LogP contribution is -2.32. The molecule has 1 nitrogen and oxygen atoms in total. The van der Waals surface area contributed by atoms with Gasteiger partial charge in [-0.1, -0.05) is 56.3 Å². The van der Waals surface area contributed by atoms with Crippen LogP contribution in [-0.2, 0) is 5.41 Å². The Morgan fingerprint density at radius 2 is 1.76 bits per heavy atom. The summed E-state index contributed by atoms with van der Waals surface area (Å²) in [5.41, 5.74) is 1.51. The van der Waals surface area contributed by atoms with Gasteiger partial charge in [0.1, 0.15) is 0 Å². The Morgan fingerprint density at radius 3 is 2.53 bits per heavy atom. The summed E-state index contributed by atoms with van der Waals surface area (Å²) in [6.45, 7) is 5.47. The second-order valence-electron chi connectivity index (χ2n) is 5.00. The molecule has 17 heavy (non-hydrogen) atoms. The zero-order valence-corrected chi connectivity index (χ0v) is 11.3. The van der Waals surface area contributed by atoms with Gasteiger partial charge in [-0.3, -0.25) is 0 Å². The highest BCUT2D eigenvalue weighted by Gasteiger charge is 2.21. The van der Waals surface area contributed by atoms with Gasteiger partial charge in [-0.25, -0.2) is 0 Å². The molecule has 0 saturated heterocycles. The Balaban J connectivity index is 2.47. The van der Waals surface area contributed by atoms with Crippen LogP contribution in [0.2, 0.25) is 0 Å². The Kier molecular flexibility index (Phi) is 3.75. The number of hydrogen-bond acceptors (Lipinski definition) is 2. The molecule has 0 aliphatic carbocycles. The van der Waals surface area contributed by atoms with Crippen molar-refractivity contribution in [1.29, 1.82) is 0 Å². The third kappa shape index (κ3) is 2.64. The number of hydrogen-bond donors (Lipinski definition) is 2. The van der Waals surface area contributed by atoms with Crippen molar-refractivity contribution in [2.24, 2.45) is 0 Å². The van der Waals surface area contributed by atoms with Gasteiger partial charge in [-0.15, -0.1) is 0 Å². The Morgan fingerprint density at radius 1 is 1.06 bits per heavy atom. The van der Waals surface area contributed by atoms with E-state index in [1.165, 1.54) is 16.3 Å². The van der Waals surface area contributed by atoms with Crippen molar-refractivity contribution in [3.8, 4) is 0 Å². The largest absolute Gasteiger partial charge is 0.307 e. The standard InChI is InChI=1S/C15H19NS/c1-15(2,10-16-11-17)14-9-5-7-12-6-3-4-8-13(12)14/h3-9,16-17H,10-11H2,1-2H3. The molecular formula is C15H19NS. The molecular weight excluding hydrogens is 226 g/mol. The summed E-state index contributed by atoms with van der Waals surface area (Å²) in [6, 6.07) is 15.1. The summed E-state index contributed by atoms with van der Waals surface area (Å²) >= 11 is 4.21. The smallest absolute Gasteiger partial charge is 0.0387 e. The molecule has 0 aromatic heterocycles. The van der Waals surface area contributed by atoms with Gasteiger partial charge in [0.15, 0.2) is 0 Å². The highest BCUT2D eigenvalue weighted by atomic mass is 32.1. The maximum atomic E-state index is 4.21. The van der Waals surface area contributed by atoms with Crippen LogP contribution in [0.1, 0.15) is 19.4 Å². The molecule has 0 saturated carbocycles. The van der Waals surface area contributed by atoms with Gasteiger partial charge in [0, 0.05) is 17.8 Å². The summed E-state index contributed by atoms with van der Waals surface area (Å²) in [4.78, 5) is 0. The lowest BCUT2D eigenvalue weighted by Gasteiger charge is -2.27. The Labute approximate surface area is 109 Å². The lowest BCUT2D eigenvalue weighted by molar-refractivity contribution is 0.494. The summed E-state index contributed by atoms with van der Waals surface area (Å²) in [7, 11) is 0. The van der Waals surface area contributed by atoms with Crippen LogP contribution in [0.5, 0.6) is 0 Å². The van der Waals surface area contributed by atoms with Gasteiger partial charge in [-0.2, -0.15) is 12.6 Å². The van der Waals surface area contributed by atoms with Gasteiger partial charge in [0.2, 0.25) is 0 Å². The van der Waals surface area contributed by atoms with Crippen LogP contribution in [0.15, 0.2) is 42.5 Å². The first-order valence-corrected chi connectivity index (χ1v) is 6.58. The Hall–Kier alpha value is -0.990. The lowest BCUT2D eigenvalue weighted by atomic mass is 9.82. The van der Waals surface area contributed by atoms with E-state index < -0.39 is 0 Å². The molecule has 2 aromatic carbocycles. The maximum absolute atomic E-state index is 4.21. The molecule has 1 N–H and O–H groups in total. The minimum atomic E-state index is 0.115. The molecule has 0 aliphatic heterocycles. The molecule has 0 radical (unpaired) electrons. The molecule has 2 heteroatoms. The van der Waals surface area contributed by atoms with E-state index in [1.54, 1.807) is 0 Å². The van der Waals surface area contributed by atoms with Crippen molar-refractivity contribution < 1.29 is 0 Å². The third-order valence-electron chi connectivity index (χ3n) is 3.20. The van der Waals surface area contributed by atoms with E-state index in [0.29, 0.717) is 5.88 Å². The average Bonchev–Trinajstić information content (AvgIpc) is 2.36. The number of fused-ring (bicyclic) bond motifs is 1. The second-order valence-corrected chi connectivity index (χ2v) is 5.31. The predicted octanol–water partition coefficient (Wildman–Crippen LogP) is 3.59. The summed E-state index contributed by atoms with van der Waals surface area (Å²) in [5, 5.41) is 5.97. The molecule has 2 rings (SSSR count). The normalized spacial score (nSPS) is 11.9. The van der Waals surface area contributed by atoms with Crippen molar-refractivity contribution in [2.75, 3.05) is 12.4 Å². The first kappa shape index (κ1) is 12.5. The van der Waals surface area contributed by atoms with Crippen LogP contribution in [-0.4, -0.2) is 12.4 Å². The molecule has 0 atom stereocenters. The monoisotopic (exact) mass is 245 g/mol. The van der Waals surface area contributed by atoms with Gasteiger partial charge < -0.3 is 5.32 Å². The second kappa shape index (κ2) is 5.11. The van der Waals surface area contributed by atoms with Gasteiger partial charge >= 0.3 is 0 Å². The van der Waals surface area contributed by atoms with E-state index in [1.807, 2.05) is 0 Å². The van der Waals surface area contributed by atoms with Crippen LogP contribution >= 0.6 is 12.6 Å². The minimum absolute atomic E-state index is 0.115. The number of rotatable bonds is 4. The molecule has 2 aromatic rings. The zero-order chi connectivity index (χ0) is 12.3. The minimum Gasteiger partial charge on any atom is -0.307 e. The summed E-state index contributed by atoms with van der Waals surface area (Å²) in [6.07, 6.45) is 0. The number of thiol groups is 1. The van der Waals surface area contributed by atoms with E-state index in [9.17, 15) is 0 Å². The van der Waals surface area contributed by atoms with Crippen molar-refractivity contribution in [2.45, 2.75) is 19.3 Å². The van der Waals surface area contributed by atoms with E-state index >= 15 is 0 Å². The highest BCUT2D eigenvalue weighted by molar-refractivity contribution is 7.80. The van der Waals surface area contributed by atoms with Crippen LogP contribution < -0.4 is 5.32 Å². The number of benzene rings is 2. The van der Waals surface area contributed by atoms with Crippen molar-refractivity contribution in [3.05, 3.63) is 48.0 Å². The fourth-order valence-electron chi connectivity index (χ4n) is 2.28. The highest BCUT2D eigenvalue weighted by Crippen LogP contribution is 2.29. The third-order valence-corrected chi connectivity index (χ3v) is 3.42. The summed E-state index contributed by atoms with van der Waals surface area (Å²) in [5.74, 6) is 0.716. The van der Waals surface area contributed by atoms with Crippen LogP contribution in [0, 0.1) is 0 Å². The van der Waals surface area contributed by atoms with Crippen molar-refractivity contribution >= 4 is 23.4 Å². The molecule has 0 amide bonds. The van der Waals surface area contributed by atoms with Crippen molar-refractivity contribution in [1.82, 2.24) is 5.32 Å². The Bertz CT molecular complexity index is 500. The summed E-state index contributed by atoms with van der Waals surface area (Å²) < 4.78 is 0. The van der Waals surface area contributed by atoms with Crippen molar-refractivity contribution in [3.63, 3.8) is 0 Å². The molecule has 0 bridgehead atoms. The average molecular weight is 245 g/mol. The topological polar surface area (TPSA) is 12.0 Å². The first-order chi connectivity index (χ1) is 8.15. The zero-order valence-electron chi connectivity index (χ0n) is 10.4. The van der Waals surface area contributed by atoms with E-state index in [4.69, 9.17) is 0 Å². The maximum Gasteiger partial charge on any atom is 0.0387 e. The van der Waals surface area contributed by atoms with Crippen LogP contribution in [0.25, 0.3) is 10.8 Å². The predicted molar refractivity (Wildman–Crippen MR) is 78.8 cm³/mol. The first-order valence-electron chi connectivity index (χ1n) is 5.95. The molecule has 0 aliphatic rings. The quantitative estimate of drug-likeness (QED) is 0.619. The fourth-order valence-corrected chi connectivity index (χ4v) is 2.39. The fraction of sp³-hybridized carbons (Fsp3) is 0.333. The van der Waals surface area contributed by atoms with Gasteiger partial charge in [-0.05, 0) is 16.3 Å². The molecule has 0 heterocycles. The van der Waals surface area contributed by atoms with Crippen LogP contribution in [0.3, 0.4) is 0 Å². The number of nitrogens with one attached hydrogen (secondary N) is 1.